The Kier molecular flexibility index (Phi) is 5.37. The van der Waals surface area contributed by atoms with E-state index in [1.165, 1.54) is 0 Å². The molecule has 0 fully saturated rings. The Balaban J connectivity index is 1.47. The molecule has 4 rings (SSSR count). The third-order valence-electron chi connectivity index (χ3n) is 4.92. The van der Waals surface area contributed by atoms with E-state index in [0.717, 1.165) is 33.4 Å². The van der Waals surface area contributed by atoms with Gasteiger partial charge in [-0.2, -0.15) is 5.10 Å². The van der Waals surface area contributed by atoms with Crippen LogP contribution in [-0.4, -0.2) is 25.7 Å². The summed E-state index contributed by atoms with van der Waals surface area (Å²) in [5.41, 5.74) is 10.7. The van der Waals surface area contributed by atoms with E-state index in [2.05, 4.69) is 20.4 Å². The number of amides is 1. The Hall–Kier alpha value is -3.45. The van der Waals surface area contributed by atoms with E-state index in [1.807, 2.05) is 38.2 Å². The molecule has 152 valence electrons. The van der Waals surface area contributed by atoms with E-state index >= 15 is 0 Å². The van der Waals surface area contributed by atoms with E-state index < -0.39 is 0 Å². The van der Waals surface area contributed by atoms with Crippen molar-refractivity contribution in [2.24, 2.45) is 0 Å². The Morgan fingerprint density at radius 3 is 2.83 bits per heavy atom. The van der Waals surface area contributed by atoms with Crippen LogP contribution in [0.3, 0.4) is 0 Å². The standard InChI is InChI=1S/C22H21ClN6O/c1-13-7-21(24)27-14(2)19(13)10-26-22(30)15-5-6-25-18(9-15)12-29-11-16-8-17(23)3-4-20(16)28-29/h3-9,11H,10,12H2,1-2H3,(H2,24,27)(H,26,30). The molecular formula is C22H21ClN6O. The second-order valence-electron chi connectivity index (χ2n) is 7.18. The number of pyridine rings is 2. The molecule has 0 unspecified atom stereocenters. The molecule has 1 aromatic carbocycles. The summed E-state index contributed by atoms with van der Waals surface area (Å²) in [6.07, 6.45) is 3.54. The molecule has 0 aliphatic heterocycles. The highest BCUT2D eigenvalue weighted by Crippen LogP contribution is 2.18. The molecule has 3 heterocycles. The molecule has 4 aromatic rings. The minimum Gasteiger partial charge on any atom is -0.384 e. The lowest BCUT2D eigenvalue weighted by Gasteiger charge is -2.12. The molecule has 0 spiro atoms. The highest BCUT2D eigenvalue weighted by Gasteiger charge is 2.11. The zero-order valence-electron chi connectivity index (χ0n) is 16.7. The van der Waals surface area contributed by atoms with Crippen molar-refractivity contribution in [2.75, 3.05) is 5.73 Å². The summed E-state index contributed by atoms with van der Waals surface area (Å²) in [5.74, 6) is 0.305. The molecule has 0 saturated carbocycles. The average Bonchev–Trinajstić information content (AvgIpc) is 3.08. The molecule has 0 saturated heterocycles. The van der Waals surface area contributed by atoms with Gasteiger partial charge in [-0.15, -0.1) is 0 Å². The van der Waals surface area contributed by atoms with Crippen molar-refractivity contribution >= 4 is 34.2 Å². The third kappa shape index (κ3) is 4.26. The van der Waals surface area contributed by atoms with Gasteiger partial charge in [0, 0.05) is 40.6 Å². The van der Waals surface area contributed by atoms with Crippen LogP contribution in [0.4, 0.5) is 5.82 Å². The van der Waals surface area contributed by atoms with Crippen LogP contribution in [0.15, 0.2) is 48.8 Å². The summed E-state index contributed by atoms with van der Waals surface area (Å²) in [5, 5.41) is 9.10. The van der Waals surface area contributed by atoms with Crippen LogP contribution in [0, 0.1) is 13.8 Å². The van der Waals surface area contributed by atoms with Crippen molar-refractivity contribution in [3.8, 4) is 0 Å². The number of hydrogen-bond acceptors (Lipinski definition) is 5. The van der Waals surface area contributed by atoms with E-state index in [0.29, 0.717) is 29.5 Å². The quantitative estimate of drug-likeness (QED) is 0.513. The van der Waals surface area contributed by atoms with Gasteiger partial charge in [0.15, 0.2) is 0 Å². The first kappa shape index (κ1) is 19.8. The minimum atomic E-state index is -0.174. The fourth-order valence-corrected chi connectivity index (χ4v) is 3.61. The highest BCUT2D eigenvalue weighted by molar-refractivity contribution is 6.31. The van der Waals surface area contributed by atoms with E-state index in [1.54, 1.807) is 29.1 Å². The van der Waals surface area contributed by atoms with Gasteiger partial charge in [0.1, 0.15) is 5.82 Å². The molecule has 1 amide bonds. The SMILES string of the molecule is Cc1cc(N)nc(C)c1CNC(=O)c1ccnc(Cn2cc3cc(Cl)ccc3n2)c1. The van der Waals surface area contributed by atoms with Crippen LogP contribution in [0.25, 0.3) is 10.9 Å². The monoisotopic (exact) mass is 420 g/mol. The summed E-state index contributed by atoms with van der Waals surface area (Å²) < 4.78 is 1.79. The van der Waals surface area contributed by atoms with Crippen LogP contribution >= 0.6 is 11.6 Å². The molecule has 30 heavy (non-hydrogen) atoms. The number of benzene rings is 1. The van der Waals surface area contributed by atoms with Crippen LogP contribution in [-0.2, 0) is 13.1 Å². The van der Waals surface area contributed by atoms with Crippen LogP contribution in [0.1, 0.15) is 32.9 Å². The predicted molar refractivity (Wildman–Crippen MR) is 117 cm³/mol. The van der Waals surface area contributed by atoms with Crippen molar-refractivity contribution < 1.29 is 4.79 Å². The van der Waals surface area contributed by atoms with Gasteiger partial charge in [-0.1, -0.05) is 11.6 Å². The number of rotatable bonds is 5. The highest BCUT2D eigenvalue weighted by atomic mass is 35.5. The average molecular weight is 421 g/mol. The lowest BCUT2D eigenvalue weighted by atomic mass is 10.1. The first-order valence-electron chi connectivity index (χ1n) is 9.47. The largest absolute Gasteiger partial charge is 0.384 e. The summed E-state index contributed by atoms with van der Waals surface area (Å²) in [4.78, 5) is 21.3. The minimum absolute atomic E-state index is 0.174. The molecule has 0 atom stereocenters. The van der Waals surface area contributed by atoms with Gasteiger partial charge in [-0.05, 0) is 61.4 Å². The first-order chi connectivity index (χ1) is 14.4. The van der Waals surface area contributed by atoms with Crippen molar-refractivity contribution in [3.05, 3.63) is 81.9 Å². The van der Waals surface area contributed by atoms with E-state index in [4.69, 9.17) is 17.3 Å². The van der Waals surface area contributed by atoms with Gasteiger partial charge in [0.2, 0.25) is 0 Å². The topological polar surface area (TPSA) is 98.7 Å². The summed E-state index contributed by atoms with van der Waals surface area (Å²) in [7, 11) is 0. The lowest BCUT2D eigenvalue weighted by molar-refractivity contribution is 0.0950. The number of nitrogens with zero attached hydrogens (tertiary/aromatic N) is 4. The number of nitrogens with one attached hydrogen (secondary N) is 1. The first-order valence-corrected chi connectivity index (χ1v) is 9.85. The molecule has 3 N–H and O–H groups in total. The molecule has 0 bridgehead atoms. The third-order valence-corrected chi connectivity index (χ3v) is 5.15. The number of carbonyl (C=O) groups is 1. The zero-order valence-corrected chi connectivity index (χ0v) is 17.4. The summed E-state index contributed by atoms with van der Waals surface area (Å²) in [6.45, 7) is 4.68. The number of hydrogen-bond donors (Lipinski definition) is 2. The molecule has 0 radical (unpaired) electrons. The Morgan fingerprint density at radius 1 is 1.20 bits per heavy atom. The van der Waals surface area contributed by atoms with Gasteiger partial charge < -0.3 is 11.1 Å². The fourth-order valence-electron chi connectivity index (χ4n) is 3.43. The molecule has 7 nitrogen and oxygen atoms in total. The van der Waals surface area contributed by atoms with Crippen molar-refractivity contribution in [3.63, 3.8) is 0 Å². The molecule has 0 aliphatic rings. The maximum absolute atomic E-state index is 12.7. The van der Waals surface area contributed by atoms with Crippen LogP contribution in [0.2, 0.25) is 5.02 Å². The lowest BCUT2D eigenvalue weighted by Crippen LogP contribution is -2.24. The summed E-state index contributed by atoms with van der Waals surface area (Å²) >= 11 is 6.04. The number of nitrogen functional groups attached to an aromatic ring is 1. The second kappa shape index (κ2) is 8.12. The van der Waals surface area contributed by atoms with Gasteiger partial charge in [-0.3, -0.25) is 14.5 Å². The van der Waals surface area contributed by atoms with Crippen LogP contribution in [0.5, 0.6) is 0 Å². The number of nitrogens with two attached hydrogens (primary N) is 1. The smallest absolute Gasteiger partial charge is 0.251 e. The number of aromatic nitrogens is 4. The summed E-state index contributed by atoms with van der Waals surface area (Å²) in [6, 6.07) is 10.8. The Labute approximate surface area is 178 Å². The van der Waals surface area contributed by atoms with Gasteiger partial charge in [0.05, 0.1) is 17.8 Å². The van der Waals surface area contributed by atoms with Gasteiger partial charge in [-0.25, -0.2) is 4.98 Å². The molecule has 0 aliphatic carbocycles. The number of anilines is 1. The van der Waals surface area contributed by atoms with Crippen molar-refractivity contribution in [1.29, 1.82) is 0 Å². The van der Waals surface area contributed by atoms with E-state index in [-0.39, 0.29) is 5.91 Å². The Morgan fingerprint density at radius 2 is 2.03 bits per heavy atom. The number of carbonyl (C=O) groups excluding carboxylic acids is 1. The normalized spacial score (nSPS) is 11.0. The van der Waals surface area contributed by atoms with E-state index in [9.17, 15) is 4.79 Å². The van der Waals surface area contributed by atoms with Crippen LogP contribution < -0.4 is 11.1 Å². The maximum Gasteiger partial charge on any atom is 0.251 e. The number of aryl methyl sites for hydroxylation is 2. The second-order valence-corrected chi connectivity index (χ2v) is 7.61. The van der Waals surface area contributed by atoms with Gasteiger partial charge in [0.25, 0.3) is 5.91 Å². The predicted octanol–water partition coefficient (Wildman–Crippen LogP) is 3.66. The van der Waals surface area contributed by atoms with Crippen molar-refractivity contribution in [2.45, 2.75) is 26.9 Å². The molecule has 3 aromatic heterocycles. The number of fused-ring (bicyclic) bond motifs is 1. The Bertz CT molecular complexity index is 1230. The number of halogens is 1. The maximum atomic E-state index is 12.7. The fraction of sp³-hybridized carbons (Fsp3) is 0.182. The van der Waals surface area contributed by atoms with Gasteiger partial charge >= 0.3 is 0 Å². The molecular weight excluding hydrogens is 400 g/mol. The molecule has 8 heteroatoms. The van der Waals surface area contributed by atoms with Crippen molar-refractivity contribution in [1.82, 2.24) is 25.1 Å². The zero-order chi connectivity index (χ0) is 21.3.